The normalized spacial score (nSPS) is 25.5. The van der Waals surface area contributed by atoms with Gasteiger partial charge in [-0.3, -0.25) is 8.98 Å². The van der Waals surface area contributed by atoms with Crippen LogP contribution in [-0.2, 0) is 28.6 Å². The van der Waals surface area contributed by atoms with E-state index >= 15 is 0 Å². The van der Waals surface area contributed by atoms with Crippen LogP contribution in [0, 0.1) is 5.41 Å². The lowest BCUT2D eigenvalue weighted by Crippen LogP contribution is -2.62. The summed E-state index contributed by atoms with van der Waals surface area (Å²) in [5.41, 5.74) is -6.72. The highest BCUT2D eigenvalue weighted by Gasteiger charge is 2.55. The van der Waals surface area contributed by atoms with Crippen molar-refractivity contribution in [2.75, 3.05) is 5.32 Å². The molecule has 0 spiro atoms. The Morgan fingerprint density at radius 3 is 2.33 bits per heavy atom. The summed E-state index contributed by atoms with van der Waals surface area (Å²) in [4.78, 5) is 24.4. The van der Waals surface area contributed by atoms with Crippen LogP contribution in [-0.4, -0.2) is 50.4 Å². The molecule has 36 heavy (non-hydrogen) atoms. The second-order valence-electron chi connectivity index (χ2n) is 9.55. The zero-order chi connectivity index (χ0) is 27.1. The number of carbonyl (C=O) groups excluding carboxylic acids is 1. The highest BCUT2D eigenvalue weighted by Crippen LogP contribution is 2.35. The summed E-state index contributed by atoms with van der Waals surface area (Å²) >= 11 is 0. The lowest BCUT2D eigenvalue weighted by molar-refractivity contribution is -0.196. The maximum atomic E-state index is 13.2. The molecule has 1 aromatic carbocycles. The van der Waals surface area contributed by atoms with Gasteiger partial charge in [-0.1, -0.05) is 6.92 Å². The minimum Gasteiger partial charge on any atom is -0.457 e. The Hall–Kier alpha value is -2.64. The Bertz CT molecular complexity index is 1270. The molecular weight excluding hydrogens is 507 g/mol. The second kappa shape index (κ2) is 10.0. The number of anilines is 1. The van der Waals surface area contributed by atoms with Crippen LogP contribution in [0.1, 0.15) is 41.0 Å². The molecule has 1 aliphatic heterocycles. The Kier molecular flexibility index (Phi) is 7.78. The molecule has 0 saturated carbocycles. The smallest absolute Gasteiger partial charge is 0.457 e. The van der Waals surface area contributed by atoms with Gasteiger partial charge in [0.1, 0.15) is 11.7 Å². The van der Waals surface area contributed by atoms with Crippen LogP contribution >= 0.6 is 0 Å². The Morgan fingerprint density at radius 2 is 1.75 bits per heavy atom. The van der Waals surface area contributed by atoms with E-state index in [-0.39, 0.29) is 12.0 Å². The molecule has 200 valence electrons. The highest BCUT2D eigenvalue weighted by atomic mass is 32.2. The molecule has 1 saturated heterocycles. The Morgan fingerprint density at radius 1 is 1.11 bits per heavy atom. The van der Waals surface area contributed by atoms with Crippen LogP contribution in [0.2, 0.25) is 0 Å². The number of halogens is 3. The summed E-state index contributed by atoms with van der Waals surface area (Å²) in [6.07, 6.45) is -5.07. The van der Waals surface area contributed by atoms with Crippen molar-refractivity contribution in [3.05, 3.63) is 40.8 Å². The third-order valence-electron chi connectivity index (χ3n) is 5.67. The number of esters is 1. The van der Waals surface area contributed by atoms with Gasteiger partial charge in [0.15, 0.2) is 6.10 Å². The molecule has 0 amide bonds. The van der Waals surface area contributed by atoms with Gasteiger partial charge in [0.25, 0.3) is 0 Å². The van der Waals surface area contributed by atoms with E-state index in [1.807, 2.05) is 0 Å². The molecule has 5 atom stereocenters. The first kappa shape index (κ1) is 27.9. The summed E-state index contributed by atoms with van der Waals surface area (Å²) in [6, 6.07) is 6.53. The second-order valence-corrected chi connectivity index (χ2v) is 11.1. The van der Waals surface area contributed by atoms with E-state index in [1.165, 1.54) is 12.1 Å². The van der Waals surface area contributed by atoms with Gasteiger partial charge in [0.05, 0.1) is 23.7 Å². The third-order valence-corrected chi connectivity index (χ3v) is 6.72. The first-order valence-corrected chi connectivity index (χ1v) is 12.6. The largest absolute Gasteiger partial charge is 0.523 e. The van der Waals surface area contributed by atoms with Gasteiger partial charge < -0.3 is 19.2 Å². The Balaban J connectivity index is 2.05. The topological polar surface area (TPSA) is 121 Å². The summed E-state index contributed by atoms with van der Waals surface area (Å²) in [5, 5.41) is 3.65. The van der Waals surface area contributed by atoms with E-state index in [0.717, 1.165) is 0 Å². The van der Waals surface area contributed by atoms with Crippen LogP contribution in [0.25, 0.3) is 11.0 Å². The van der Waals surface area contributed by atoms with Crippen molar-refractivity contribution in [1.29, 1.82) is 0 Å². The zero-order valence-corrected chi connectivity index (χ0v) is 21.1. The number of fused-ring (bicyclic) bond motifs is 1. The van der Waals surface area contributed by atoms with Gasteiger partial charge >= 0.3 is 27.2 Å². The van der Waals surface area contributed by atoms with E-state index in [9.17, 15) is 31.2 Å². The fourth-order valence-corrected chi connectivity index (χ4v) is 4.39. The van der Waals surface area contributed by atoms with Crippen LogP contribution in [0.3, 0.4) is 0 Å². The van der Waals surface area contributed by atoms with Gasteiger partial charge in [-0.05, 0) is 52.3 Å². The van der Waals surface area contributed by atoms with Gasteiger partial charge in [-0.25, -0.2) is 4.79 Å². The summed E-state index contributed by atoms with van der Waals surface area (Å²) in [6.45, 7) is 7.83. The van der Waals surface area contributed by atoms with Crippen LogP contribution in [0.5, 0.6) is 0 Å². The number of carbonyl (C=O) groups is 1. The van der Waals surface area contributed by atoms with E-state index in [1.54, 1.807) is 52.8 Å². The number of benzene rings is 1. The number of hydrogen-bond donors (Lipinski definition) is 1. The van der Waals surface area contributed by atoms with E-state index in [2.05, 4.69) is 9.50 Å². The highest BCUT2D eigenvalue weighted by molar-refractivity contribution is 7.87. The van der Waals surface area contributed by atoms with Gasteiger partial charge in [0, 0.05) is 23.2 Å². The van der Waals surface area contributed by atoms with Crippen molar-refractivity contribution in [1.82, 2.24) is 0 Å². The standard InChI is InChI=1S/C23H28F3NO8S/c1-6-15-19(35-36(30,31)23(24,25)26)20(34-21(29)22(3,4)5)18(12(2)32-15)27-14-9-7-13-8-10-17(28)33-16(13)11-14/h7-12,15,18-20,27H,6H2,1-5H3/t12?,15?,18-,19+,20?/m0/s1. The zero-order valence-electron chi connectivity index (χ0n) is 20.3. The number of rotatable bonds is 6. The van der Waals surface area contributed by atoms with Crippen molar-refractivity contribution in [3.8, 4) is 0 Å². The van der Waals surface area contributed by atoms with E-state index < -0.39 is 63.1 Å². The minimum absolute atomic E-state index is 0.0831. The molecule has 9 nitrogen and oxygen atoms in total. The van der Waals surface area contributed by atoms with Crippen LogP contribution in [0.15, 0.2) is 39.5 Å². The molecule has 1 aliphatic rings. The van der Waals surface area contributed by atoms with E-state index in [4.69, 9.17) is 13.9 Å². The van der Waals surface area contributed by atoms with Crippen molar-refractivity contribution in [3.63, 3.8) is 0 Å². The molecule has 13 heteroatoms. The fraction of sp³-hybridized carbons (Fsp3) is 0.565. The maximum absolute atomic E-state index is 13.2. The van der Waals surface area contributed by atoms with Crippen molar-refractivity contribution in [2.24, 2.45) is 5.41 Å². The molecule has 0 radical (unpaired) electrons. The molecule has 1 aromatic heterocycles. The first-order chi connectivity index (χ1) is 16.5. The molecule has 2 heterocycles. The van der Waals surface area contributed by atoms with Crippen LogP contribution < -0.4 is 10.9 Å². The summed E-state index contributed by atoms with van der Waals surface area (Å²) in [7, 11) is -6.04. The third kappa shape index (κ3) is 6.01. The van der Waals surface area contributed by atoms with Gasteiger partial charge in [0.2, 0.25) is 0 Å². The lowest BCUT2D eigenvalue weighted by atomic mass is 9.90. The predicted molar refractivity (Wildman–Crippen MR) is 124 cm³/mol. The summed E-state index contributed by atoms with van der Waals surface area (Å²) < 4.78 is 84.6. The molecule has 2 aromatic rings. The van der Waals surface area contributed by atoms with E-state index in [0.29, 0.717) is 11.1 Å². The predicted octanol–water partition coefficient (Wildman–Crippen LogP) is 3.96. The number of ether oxygens (including phenoxy) is 2. The number of nitrogens with one attached hydrogen (secondary N) is 1. The van der Waals surface area contributed by atoms with Gasteiger partial charge in [-0.2, -0.15) is 21.6 Å². The molecule has 3 rings (SSSR count). The van der Waals surface area contributed by atoms with Crippen molar-refractivity contribution < 1.29 is 44.5 Å². The summed E-state index contributed by atoms with van der Waals surface area (Å²) in [5.74, 6) is -0.772. The SMILES string of the molecule is CCC1OC(C)[C@H](Nc2ccc3ccc(=O)oc3c2)C(OC(=O)C(C)(C)C)[C@@H]1OS(=O)(=O)C(F)(F)F. The van der Waals surface area contributed by atoms with Crippen LogP contribution in [0.4, 0.5) is 18.9 Å². The van der Waals surface area contributed by atoms with Crippen molar-refractivity contribution >= 4 is 32.7 Å². The number of alkyl halides is 3. The average molecular weight is 536 g/mol. The van der Waals surface area contributed by atoms with Crippen molar-refractivity contribution in [2.45, 2.75) is 77.0 Å². The fourth-order valence-electron chi connectivity index (χ4n) is 3.75. The molecule has 1 fully saturated rings. The molecule has 1 N–H and O–H groups in total. The monoisotopic (exact) mass is 535 g/mol. The molecular formula is C23H28F3NO8S. The first-order valence-electron chi connectivity index (χ1n) is 11.2. The molecule has 0 bridgehead atoms. The molecule has 3 unspecified atom stereocenters. The average Bonchev–Trinajstić information content (AvgIpc) is 2.75. The lowest BCUT2D eigenvalue weighted by Gasteiger charge is -2.45. The van der Waals surface area contributed by atoms with Gasteiger partial charge in [-0.15, -0.1) is 0 Å². The quantitative estimate of drug-likeness (QED) is 0.254. The minimum atomic E-state index is -6.04. The molecule has 0 aliphatic carbocycles. The Labute approximate surface area is 206 Å². The maximum Gasteiger partial charge on any atom is 0.523 e. The number of hydrogen-bond acceptors (Lipinski definition) is 9.